The van der Waals surface area contributed by atoms with Crippen molar-refractivity contribution in [3.8, 4) is 0 Å². The van der Waals surface area contributed by atoms with Crippen LogP contribution in [-0.2, 0) is 6.54 Å². The highest BCUT2D eigenvalue weighted by Crippen LogP contribution is 2.23. The van der Waals surface area contributed by atoms with Gasteiger partial charge in [0.05, 0.1) is 5.52 Å². The summed E-state index contributed by atoms with van der Waals surface area (Å²) in [5.74, 6) is 6.66. The Kier molecular flexibility index (Phi) is 3.45. The van der Waals surface area contributed by atoms with Gasteiger partial charge in [-0.15, -0.1) is 0 Å². The number of hydrogen-bond donors (Lipinski definition) is 2. The fraction of sp³-hybridized carbons (Fsp3) is 0.200. The summed E-state index contributed by atoms with van der Waals surface area (Å²) in [4.78, 5) is 8.75. The summed E-state index contributed by atoms with van der Waals surface area (Å²) in [7, 11) is 0. The molecule has 5 heteroatoms. The molecule has 2 heterocycles. The van der Waals surface area contributed by atoms with Crippen molar-refractivity contribution >= 4 is 10.9 Å². The first-order valence-corrected chi connectivity index (χ1v) is 6.65. The quantitative estimate of drug-likeness (QED) is 0.560. The minimum Gasteiger partial charge on any atom is -0.334 e. The highest BCUT2D eigenvalue weighted by molar-refractivity contribution is 5.79. The van der Waals surface area contributed by atoms with Crippen LogP contribution < -0.4 is 11.3 Å². The van der Waals surface area contributed by atoms with Gasteiger partial charge in [-0.05, 0) is 30.7 Å². The standard InChI is InChI=1S/C15H17N5/c1-2-20-9-8-18-15(20)14(19-16)12-5-6-13-11(10-12)4-3-7-17-13/h3-10,14,19H,2,16H2,1H3. The van der Waals surface area contributed by atoms with Gasteiger partial charge in [0.15, 0.2) is 0 Å². The molecule has 0 spiro atoms. The topological polar surface area (TPSA) is 68.8 Å². The molecule has 3 aromatic rings. The molecular formula is C15H17N5. The lowest BCUT2D eigenvalue weighted by Gasteiger charge is -2.17. The predicted octanol–water partition coefficient (Wildman–Crippen LogP) is 2.00. The normalized spacial score (nSPS) is 12.7. The van der Waals surface area contributed by atoms with Crippen molar-refractivity contribution in [1.29, 1.82) is 0 Å². The Bertz CT molecular complexity index is 719. The third-order valence-electron chi connectivity index (χ3n) is 3.47. The Labute approximate surface area is 117 Å². The van der Waals surface area contributed by atoms with Crippen LogP contribution >= 0.6 is 0 Å². The van der Waals surface area contributed by atoms with E-state index >= 15 is 0 Å². The summed E-state index contributed by atoms with van der Waals surface area (Å²) in [5.41, 5.74) is 4.91. The lowest BCUT2D eigenvalue weighted by Crippen LogP contribution is -2.31. The Balaban J connectivity index is 2.07. The molecule has 0 aliphatic rings. The van der Waals surface area contributed by atoms with Crippen LogP contribution in [0.2, 0.25) is 0 Å². The Morgan fingerprint density at radius 2 is 2.15 bits per heavy atom. The first kappa shape index (κ1) is 12.8. The van der Waals surface area contributed by atoms with Gasteiger partial charge in [0.1, 0.15) is 11.9 Å². The number of nitrogens with zero attached hydrogens (tertiary/aromatic N) is 3. The third kappa shape index (κ3) is 2.17. The summed E-state index contributed by atoms with van der Waals surface area (Å²) in [6.07, 6.45) is 5.55. The number of aromatic nitrogens is 3. The van der Waals surface area contributed by atoms with Gasteiger partial charge in [-0.2, -0.15) is 0 Å². The number of aryl methyl sites for hydroxylation is 1. The number of rotatable bonds is 4. The van der Waals surface area contributed by atoms with Gasteiger partial charge in [-0.1, -0.05) is 12.1 Å². The van der Waals surface area contributed by atoms with E-state index in [4.69, 9.17) is 5.84 Å². The third-order valence-corrected chi connectivity index (χ3v) is 3.47. The van der Waals surface area contributed by atoms with Gasteiger partial charge in [-0.25, -0.2) is 10.4 Å². The van der Waals surface area contributed by atoms with Crippen molar-refractivity contribution in [3.05, 3.63) is 60.3 Å². The van der Waals surface area contributed by atoms with Gasteiger partial charge in [0.2, 0.25) is 0 Å². The lowest BCUT2D eigenvalue weighted by molar-refractivity contribution is 0.561. The van der Waals surface area contributed by atoms with E-state index in [1.165, 1.54) is 0 Å². The molecule has 0 aliphatic carbocycles. The monoisotopic (exact) mass is 267 g/mol. The fourth-order valence-corrected chi connectivity index (χ4v) is 2.44. The molecule has 3 N–H and O–H groups in total. The summed E-state index contributed by atoms with van der Waals surface area (Å²) in [6.45, 7) is 2.95. The van der Waals surface area contributed by atoms with Crippen LogP contribution in [0.25, 0.3) is 10.9 Å². The van der Waals surface area contributed by atoms with Crippen molar-refractivity contribution in [3.63, 3.8) is 0 Å². The van der Waals surface area contributed by atoms with E-state index < -0.39 is 0 Å². The zero-order valence-electron chi connectivity index (χ0n) is 11.3. The zero-order chi connectivity index (χ0) is 13.9. The molecule has 102 valence electrons. The summed E-state index contributed by atoms with van der Waals surface area (Å²) in [6, 6.07) is 9.99. The second-order valence-electron chi connectivity index (χ2n) is 4.63. The van der Waals surface area contributed by atoms with Gasteiger partial charge in [-0.3, -0.25) is 10.8 Å². The maximum Gasteiger partial charge on any atom is 0.131 e. The minimum atomic E-state index is -0.130. The van der Waals surface area contributed by atoms with Crippen LogP contribution in [0.3, 0.4) is 0 Å². The number of hydrazine groups is 1. The minimum absolute atomic E-state index is 0.130. The number of nitrogens with two attached hydrogens (primary N) is 1. The average Bonchev–Trinajstić information content (AvgIpc) is 2.96. The van der Waals surface area contributed by atoms with E-state index in [-0.39, 0.29) is 6.04 Å². The predicted molar refractivity (Wildman–Crippen MR) is 78.8 cm³/mol. The van der Waals surface area contributed by atoms with Crippen LogP contribution in [0.4, 0.5) is 0 Å². The van der Waals surface area contributed by atoms with E-state index in [1.54, 1.807) is 12.4 Å². The molecule has 0 radical (unpaired) electrons. The highest BCUT2D eigenvalue weighted by atomic mass is 15.3. The Morgan fingerprint density at radius 1 is 1.25 bits per heavy atom. The SMILES string of the molecule is CCn1ccnc1C(NN)c1ccc2ncccc2c1. The Hall–Kier alpha value is -2.24. The van der Waals surface area contributed by atoms with Crippen molar-refractivity contribution in [2.45, 2.75) is 19.5 Å². The number of hydrogen-bond acceptors (Lipinski definition) is 4. The number of benzene rings is 1. The molecule has 0 saturated heterocycles. The molecule has 5 nitrogen and oxygen atoms in total. The smallest absolute Gasteiger partial charge is 0.131 e. The maximum atomic E-state index is 5.74. The van der Waals surface area contributed by atoms with Crippen molar-refractivity contribution in [1.82, 2.24) is 20.0 Å². The summed E-state index contributed by atoms with van der Waals surface area (Å²) in [5, 5.41) is 1.10. The van der Waals surface area contributed by atoms with Crippen LogP contribution in [0.15, 0.2) is 48.9 Å². The summed E-state index contributed by atoms with van der Waals surface area (Å²) >= 11 is 0. The highest BCUT2D eigenvalue weighted by Gasteiger charge is 2.17. The molecule has 0 saturated carbocycles. The van der Waals surface area contributed by atoms with E-state index in [1.807, 2.05) is 30.5 Å². The van der Waals surface area contributed by atoms with E-state index in [0.717, 1.165) is 28.8 Å². The maximum absolute atomic E-state index is 5.74. The van der Waals surface area contributed by atoms with Crippen LogP contribution in [0.5, 0.6) is 0 Å². The summed E-state index contributed by atoms with van der Waals surface area (Å²) < 4.78 is 2.08. The van der Waals surface area contributed by atoms with Crippen LogP contribution in [-0.4, -0.2) is 14.5 Å². The number of pyridine rings is 1. The second kappa shape index (κ2) is 5.40. The van der Waals surface area contributed by atoms with E-state index in [0.29, 0.717) is 0 Å². The van der Waals surface area contributed by atoms with Gasteiger partial charge in [0.25, 0.3) is 0 Å². The van der Waals surface area contributed by atoms with E-state index in [2.05, 4.69) is 33.0 Å². The van der Waals surface area contributed by atoms with Crippen LogP contribution in [0.1, 0.15) is 24.4 Å². The molecule has 1 aromatic carbocycles. The van der Waals surface area contributed by atoms with Crippen molar-refractivity contribution in [2.24, 2.45) is 5.84 Å². The molecule has 0 bridgehead atoms. The van der Waals surface area contributed by atoms with Crippen molar-refractivity contribution < 1.29 is 0 Å². The number of imidazole rings is 1. The second-order valence-corrected chi connectivity index (χ2v) is 4.63. The first-order chi connectivity index (χ1) is 9.83. The van der Waals surface area contributed by atoms with Gasteiger partial charge < -0.3 is 4.57 Å². The fourth-order valence-electron chi connectivity index (χ4n) is 2.44. The molecule has 0 fully saturated rings. The Morgan fingerprint density at radius 3 is 2.95 bits per heavy atom. The van der Waals surface area contributed by atoms with Gasteiger partial charge in [0, 0.05) is 30.5 Å². The number of nitrogens with one attached hydrogen (secondary N) is 1. The number of fused-ring (bicyclic) bond motifs is 1. The molecule has 3 rings (SSSR count). The van der Waals surface area contributed by atoms with E-state index in [9.17, 15) is 0 Å². The van der Waals surface area contributed by atoms with Crippen molar-refractivity contribution in [2.75, 3.05) is 0 Å². The molecule has 1 atom stereocenters. The molecule has 0 amide bonds. The molecular weight excluding hydrogens is 250 g/mol. The molecule has 20 heavy (non-hydrogen) atoms. The lowest BCUT2D eigenvalue weighted by atomic mass is 10.0. The van der Waals surface area contributed by atoms with Crippen LogP contribution in [0, 0.1) is 0 Å². The average molecular weight is 267 g/mol. The van der Waals surface area contributed by atoms with Gasteiger partial charge >= 0.3 is 0 Å². The largest absolute Gasteiger partial charge is 0.334 e. The zero-order valence-corrected chi connectivity index (χ0v) is 11.3. The first-order valence-electron chi connectivity index (χ1n) is 6.65. The molecule has 1 unspecified atom stereocenters. The molecule has 0 aliphatic heterocycles. The molecule has 2 aromatic heterocycles.